The van der Waals surface area contributed by atoms with Crippen LogP contribution in [0.2, 0.25) is 0 Å². The van der Waals surface area contributed by atoms with Crippen molar-refractivity contribution >= 4 is 16.8 Å². The summed E-state index contributed by atoms with van der Waals surface area (Å²) in [6, 6.07) is 1.79. The first-order chi connectivity index (χ1) is 7.81. The molecule has 0 radical (unpaired) electrons. The molecule has 0 atom stereocenters. The molecule has 0 fully saturated rings. The number of pyridine rings is 1. The van der Waals surface area contributed by atoms with Gasteiger partial charge in [0.25, 0.3) is 11.3 Å². The van der Waals surface area contributed by atoms with Crippen molar-refractivity contribution in [3.63, 3.8) is 0 Å². The molecule has 0 aliphatic heterocycles. The lowest BCUT2D eigenvalue weighted by molar-refractivity contribution is 0.729. The molecule has 0 saturated heterocycles. The molecule has 0 bridgehead atoms. The Kier molecular flexibility index (Phi) is 1.73. The average molecular weight is 216 g/mol. The van der Waals surface area contributed by atoms with Gasteiger partial charge in [-0.25, -0.2) is 0 Å². The third-order valence-corrected chi connectivity index (χ3v) is 2.46. The molecule has 0 aliphatic carbocycles. The van der Waals surface area contributed by atoms with E-state index in [1.807, 2.05) is 6.92 Å². The standard InChI is InChI=1S/C9H8N6O/c1-2-14-4-3-6-7(8(14)16)12-13-9-10-5-11-15(6)9/h3-5H,2H2,1H3. The first-order valence-corrected chi connectivity index (χ1v) is 4.87. The van der Waals surface area contributed by atoms with Crippen LogP contribution in [0.4, 0.5) is 0 Å². The number of hydrogen-bond donors (Lipinski definition) is 0. The molecule has 3 aromatic rings. The minimum Gasteiger partial charge on any atom is -0.314 e. The molecule has 80 valence electrons. The Morgan fingerprint density at radius 2 is 2.25 bits per heavy atom. The lowest BCUT2D eigenvalue weighted by Gasteiger charge is -2.02. The van der Waals surface area contributed by atoms with Gasteiger partial charge in [0, 0.05) is 12.7 Å². The lowest BCUT2D eigenvalue weighted by atomic mass is 10.4. The van der Waals surface area contributed by atoms with Gasteiger partial charge in [0.1, 0.15) is 11.8 Å². The predicted octanol–water partition coefficient (Wildman–Crippen LogP) is -0.146. The fraction of sp³-hybridized carbons (Fsp3) is 0.222. The van der Waals surface area contributed by atoms with Crippen LogP contribution in [0.25, 0.3) is 16.8 Å². The van der Waals surface area contributed by atoms with Crippen LogP contribution < -0.4 is 5.56 Å². The summed E-state index contributed by atoms with van der Waals surface area (Å²) < 4.78 is 3.07. The van der Waals surface area contributed by atoms with Crippen molar-refractivity contribution in [2.75, 3.05) is 0 Å². The quantitative estimate of drug-likeness (QED) is 0.565. The topological polar surface area (TPSA) is 78.0 Å². The van der Waals surface area contributed by atoms with E-state index in [0.717, 1.165) is 0 Å². The van der Waals surface area contributed by atoms with Crippen LogP contribution in [0, 0.1) is 0 Å². The summed E-state index contributed by atoms with van der Waals surface area (Å²) in [6.07, 6.45) is 3.10. The molecular formula is C9H8N6O. The maximum atomic E-state index is 11.9. The number of aryl methyl sites for hydroxylation is 1. The van der Waals surface area contributed by atoms with Gasteiger partial charge in [0.15, 0.2) is 5.52 Å². The molecule has 0 aromatic carbocycles. The molecule has 0 amide bonds. The summed E-state index contributed by atoms with van der Waals surface area (Å²) in [5, 5.41) is 11.7. The Morgan fingerprint density at radius 3 is 3.06 bits per heavy atom. The summed E-state index contributed by atoms with van der Waals surface area (Å²) in [6.45, 7) is 2.50. The van der Waals surface area contributed by atoms with Gasteiger partial charge in [-0.2, -0.15) is 14.6 Å². The summed E-state index contributed by atoms with van der Waals surface area (Å²) >= 11 is 0. The van der Waals surface area contributed by atoms with Crippen molar-refractivity contribution in [1.82, 2.24) is 29.4 Å². The number of fused-ring (bicyclic) bond motifs is 3. The van der Waals surface area contributed by atoms with Crippen LogP contribution in [0.5, 0.6) is 0 Å². The van der Waals surface area contributed by atoms with E-state index in [1.54, 1.807) is 16.8 Å². The Hall–Kier alpha value is -2.31. The average Bonchev–Trinajstić information content (AvgIpc) is 2.77. The second-order valence-electron chi connectivity index (χ2n) is 3.31. The van der Waals surface area contributed by atoms with Crippen LogP contribution in [-0.4, -0.2) is 29.4 Å². The second kappa shape index (κ2) is 3.09. The molecule has 0 aliphatic rings. The summed E-state index contributed by atoms with van der Waals surface area (Å²) in [7, 11) is 0. The maximum Gasteiger partial charge on any atom is 0.280 e. The van der Waals surface area contributed by atoms with Crippen molar-refractivity contribution in [2.45, 2.75) is 13.5 Å². The molecule has 7 nitrogen and oxygen atoms in total. The monoisotopic (exact) mass is 216 g/mol. The first-order valence-electron chi connectivity index (χ1n) is 4.87. The van der Waals surface area contributed by atoms with E-state index in [2.05, 4.69) is 20.3 Å². The van der Waals surface area contributed by atoms with Crippen molar-refractivity contribution in [2.24, 2.45) is 0 Å². The first kappa shape index (κ1) is 8.96. The molecule has 3 aromatic heterocycles. The normalized spacial score (nSPS) is 11.3. The van der Waals surface area contributed by atoms with Gasteiger partial charge in [-0.1, -0.05) is 0 Å². The number of nitrogens with zero attached hydrogens (tertiary/aromatic N) is 6. The van der Waals surface area contributed by atoms with E-state index in [4.69, 9.17) is 0 Å². The van der Waals surface area contributed by atoms with Gasteiger partial charge in [0.2, 0.25) is 0 Å². The summed E-state index contributed by atoms with van der Waals surface area (Å²) in [4.78, 5) is 15.8. The minimum atomic E-state index is -0.162. The number of aromatic nitrogens is 6. The fourth-order valence-corrected chi connectivity index (χ4v) is 1.63. The molecule has 0 N–H and O–H groups in total. The highest BCUT2D eigenvalue weighted by Crippen LogP contribution is 2.05. The van der Waals surface area contributed by atoms with Crippen LogP contribution in [0.1, 0.15) is 6.92 Å². The maximum absolute atomic E-state index is 11.9. The predicted molar refractivity (Wildman–Crippen MR) is 56.0 cm³/mol. The largest absolute Gasteiger partial charge is 0.314 e. The lowest BCUT2D eigenvalue weighted by Crippen LogP contribution is -2.20. The second-order valence-corrected chi connectivity index (χ2v) is 3.31. The van der Waals surface area contributed by atoms with Crippen LogP contribution in [-0.2, 0) is 6.54 Å². The highest BCUT2D eigenvalue weighted by atomic mass is 16.1. The zero-order chi connectivity index (χ0) is 11.1. The third-order valence-electron chi connectivity index (χ3n) is 2.46. The molecular weight excluding hydrogens is 208 g/mol. The highest BCUT2D eigenvalue weighted by Gasteiger charge is 2.08. The van der Waals surface area contributed by atoms with E-state index >= 15 is 0 Å². The Labute approximate surface area is 89.4 Å². The SMILES string of the molecule is CCn1ccc2c(nnc3ncnn32)c1=O. The zero-order valence-electron chi connectivity index (χ0n) is 8.53. The van der Waals surface area contributed by atoms with Gasteiger partial charge in [-0.3, -0.25) is 4.79 Å². The Bertz CT molecular complexity index is 728. The van der Waals surface area contributed by atoms with Crippen molar-refractivity contribution in [3.8, 4) is 0 Å². The highest BCUT2D eigenvalue weighted by molar-refractivity contribution is 5.74. The van der Waals surface area contributed by atoms with Crippen LogP contribution in [0.15, 0.2) is 23.4 Å². The molecule has 3 rings (SSSR count). The van der Waals surface area contributed by atoms with Crippen LogP contribution in [0.3, 0.4) is 0 Å². The van der Waals surface area contributed by atoms with E-state index in [1.165, 1.54) is 10.8 Å². The zero-order valence-corrected chi connectivity index (χ0v) is 8.53. The van der Waals surface area contributed by atoms with Gasteiger partial charge >= 0.3 is 0 Å². The Morgan fingerprint density at radius 1 is 1.38 bits per heavy atom. The number of rotatable bonds is 1. The van der Waals surface area contributed by atoms with Gasteiger partial charge in [0.05, 0.1) is 0 Å². The third kappa shape index (κ3) is 1.05. The molecule has 16 heavy (non-hydrogen) atoms. The van der Waals surface area contributed by atoms with Crippen molar-refractivity contribution < 1.29 is 0 Å². The van der Waals surface area contributed by atoms with Gasteiger partial charge in [-0.15, -0.1) is 10.2 Å². The van der Waals surface area contributed by atoms with Crippen molar-refractivity contribution in [1.29, 1.82) is 0 Å². The van der Waals surface area contributed by atoms with E-state index < -0.39 is 0 Å². The smallest absolute Gasteiger partial charge is 0.280 e. The molecule has 7 heteroatoms. The minimum absolute atomic E-state index is 0.162. The molecule has 0 unspecified atom stereocenters. The van der Waals surface area contributed by atoms with Gasteiger partial charge in [-0.05, 0) is 13.0 Å². The van der Waals surface area contributed by atoms with Crippen LogP contribution >= 0.6 is 0 Å². The summed E-state index contributed by atoms with van der Waals surface area (Å²) in [5.41, 5.74) is 0.768. The van der Waals surface area contributed by atoms with Gasteiger partial charge < -0.3 is 4.57 Å². The van der Waals surface area contributed by atoms with E-state index in [-0.39, 0.29) is 5.56 Å². The van der Waals surface area contributed by atoms with E-state index in [0.29, 0.717) is 23.4 Å². The fourth-order valence-electron chi connectivity index (χ4n) is 1.63. The summed E-state index contributed by atoms with van der Waals surface area (Å²) in [5.74, 6) is 0.390. The van der Waals surface area contributed by atoms with E-state index in [9.17, 15) is 4.79 Å². The number of hydrogen-bond acceptors (Lipinski definition) is 5. The molecule has 0 spiro atoms. The molecule has 0 saturated carbocycles. The Balaban J connectivity index is 2.55. The molecule has 3 heterocycles. The van der Waals surface area contributed by atoms with Crippen molar-refractivity contribution in [3.05, 3.63) is 28.9 Å².